The van der Waals surface area contributed by atoms with Crippen molar-refractivity contribution in [3.05, 3.63) is 51.9 Å². The van der Waals surface area contributed by atoms with Gasteiger partial charge in [-0.2, -0.15) is 0 Å². The molecule has 4 N–H and O–H groups in total. The quantitative estimate of drug-likeness (QED) is 0.604. The smallest absolute Gasteiger partial charge is 0.252 e. The predicted molar refractivity (Wildman–Crippen MR) is 111 cm³/mol. The molecule has 0 bridgehead atoms. The van der Waals surface area contributed by atoms with Crippen LogP contribution in [0.3, 0.4) is 0 Å². The van der Waals surface area contributed by atoms with E-state index in [4.69, 9.17) is 28.9 Å². The first-order valence-electron chi connectivity index (χ1n) is 8.93. The number of H-pyrrole nitrogens is 1. The molecule has 1 aromatic carbocycles. The fourth-order valence-corrected chi connectivity index (χ4v) is 3.98. The van der Waals surface area contributed by atoms with Crippen LogP contribution in [-0.4, -0.2) is 46.0 Å². The zero-order valence-electron chi connectivity index (χ0n) is 15.3. The third-order valence-corrected chi connectivity index (χ3v) is 5.92. The fourth-order valence-electron chi connectivity index (χ4n) is 3.54. The summed E-state index contributed by atoms with van der Waals surface area (Å²) in [6.45, 7) is 3.46. The van der Waals surface area contributed by atoms with E-state index in [1.54, 1.807) is 12.3 Å². The Hall–Kier alpha value is -2.35. The molecule has 9 heteroatoms. The molecule has 1 atom stereocenters. The first kappa shape index (κ1) is 19.0. The van der Waals surface area contributed by atoms with E-state index in [2.05, 4.69) is 25.2 Å². The number of halogens is 2. The zero-order chi connectivity index (χ0) is 19.9. The first-order chi connectivity index (χ1) is 13.4. The number of hydrogen-bond acceptors (Lipinski definition) is 5. The van der Waals surface area contributed by atoms with Crippen molar-refractivity contribution in [1.82, 2.24) is 20.3 Å². The topological polar surface area (TPSA) is 99.9 Å². The van der Waals surface area contributed by atoms with Crippen molar-refractivity contribution in [2.45, 2.75) is 18.9 Å². The van der Waals surface area contributed by atoms with E-state index in [0.717, 1.165) is 16.8 Å². The summed E-state index contributed by atoms with van der Waals surface area (Å²) in [7, 11) is 0. The summed E-state index contributed by atoms with van der Waals surface area (Å²) >= 11 is 12.5. The Morgan fingerprint density at radius 2 is 2.21 bits per heavy atom. The Morgan fingerprint density at radius 3 is 3.04 bits per heavy atom. The molecule has 7 nitrogen and oxygen atoms in total. The highest BCUT2D eigenvalue weighted by atomic mass is 35.5. The van der Waals surface area contributed by atoms with Crippen molar-refractivity contribution in [2.24, 2.45) is 5.73 Å². The lowest BCUT2D eigenvalue weighted by Crippen LogP contribution is -2.52. The molecule has 1 fully saturated rings. The van der Waals surface area contributed by atoms with Crippen LogP contribution < -0.4 is 16.0 Å². The van der Waals surface area contributed by atoms with E-state index in [-0.39, 0.29) is 5.91 Å². The summed E-state index contributed by atoms with van der Waals surface area (Å²) in [5.41, 5.74) is 7.99. The minimum Gasteiger partial charge on any atom is -0.354 e. The Labute approximate surface area is 172 Å². The summed E-state index contributed by atoms with van der Waals surface area (Å²) in [6, 6.07) is 5.39. The minimum absolute atomic E-state index is 0.227. The van der Waals surface area contributed by atoms with Gasteiger partial charge in [0.2, 0.25) is 0 Å². The van der Waals surface area contributed by atoms with Gasteiger partial charge >= 0.3 is 0 Å². The molecule has 1 amide bonds. The molecular weight excluding hydrogens is 399 g/mol. The Morgan fingerprint density at radius 1 is 1.39 bits per heavy atom. The molecule has 146 valence electrons. The van der Waals surface area contributed by atoms with Crippen LogP contribution in [0.2, 0.25) is 10.0 Å². The molecule has 0 unspecified atom stereocenters. The summed E-state index contributed by atoms with van der Waals surface area (Å²) in [4.78, 5) is 26.3. The molecule has 0 spiro atoms. The summed E-state index contributed by atoms with van der Waals surface area (Å²) in [5.74, 6) is 0.520. The van der Waals surface area contributed by atoms with Crippen molar-refractivity contribution < 1.29 is 4.79 Å². The summed E-state index contributed by atoms with van der Waals surface area (Å²) in [5, 5.41) is 4.74. The largest absolute Gasteiger partial charge is 0.354 e. The molecule has 0 radical (unpaired) electrons. The van der Waals surface area contributed by atoms with Crippen molar-refractivity contribution in [1.29, 1.82) is 0 Å². The lowest BCUT2D eigenvalue weighted by atomic mass is 10.00. The Balaban J connectivity index is 1.47. The third kappa shape index (κ3) is 3.41. The molecule has 3 heterocycles. The van der Waals surface area contributed by atoms with E-state index >= 15 is 0 Å². The van der Waals surface area contributed by atoms with Crippen LogP contribution >= 0.6 is 23.2 Å². The second kappa shape index (κ2) is 7.24. The highest BCUT2D eigenvalue weighted by Gasteiger charge is 2.36. The number of carbonyl (C=O) groups excluding carboxylic acids is 1. The molecule has 1 aliphatic rings. The van der Waals surface area contributed by atoms with Crippen molar-refractivity contribution in [2.75, 3.05) is 24.5 Å². The minimum atomic E-state index is -0.577. The number of benzene rings is 1. The first-order valence-corrected chi connectivity index (χ1v) is 9.68. The number of aryl methyl sites for hydroxylation is 1. The van der Waals surface area contributed by atoms with Gasteiger partial charge < -0.3 is 20.9 Å². The fraction of sp³-hybridized carbons (Fsp3) is 0.316. The van der Waals surface area contributed by atoms with Gasteiger partial charge in [-0.05, 0) is 25.0 Å². The SMILES string of the molecule is Cc1cccc(C(=O)NC[C@@]2(N)CCN(c3ncnc4[nH]cc(Cl)c34)C2)c1Cl. The van der Waals surface area contributed by atoms with Crippen LogP contribution in [0.5, 0.6) is 0 Å². The molecule has 1 saturated heterocycles. The number of anilines is 1. The highest BCUT2D eigenvalue weighted by Crippen LogP contribution is 2.33. The maximum Gasteiger partial charge on any atom is 0.252 e. The predicted octanol–water partition coefficient (Wildman–Crippen LogP) is 2.91. The van der Waals surface area contributed by atoms with Crippen molar-refractivity contribution in [3.8, 4) is 0 Å². The van der Waals surface area contributed by atoms with Crippen LogP contribution in [0.25, 0.3) is 11.0 Å². The number of carbonyl (C=O) groups is 1. The van der Waals surface area contributed by atoms with Gasteiger partial charge in [-0.25, -0.2) is 9.97 Å². The van der Waals surface area contributed by atoms with E-state index in [0.29, 0.717) is 47.3 Å². The molecule has 0 aliphatic carbocycles. The molecule has 3 aromatic rings. The van der Waals surface area contributed by atoms with Gasteiger partial charge in [0.1, 0.15) is 17.8 Å². The average Bonchev–Trinajstić information content (AvgIpc) is 3.26. The van der Waals surface area contributed by atoms with E-state index < -0.39 is 5.54 Å². The lowest BCUT2D eigenvalue weighted by molar-refractivity contribution is 0.0945. The molecule has 0 saturated carbocycles. The number of nitrogens with one attached hydrogen (secondary N) is 2. The number of aromatic nitrogens is 3. The molecular formula is C19H20Cl2N6O. The van der Waals surface area contributed by atoms with Crippen molar-refractivity contribution in [3.63, 3.8) is 0 Å². The molecule has 1 aliphatic heterocycles. The average molecular weight is 419 g/mol. The number of nitrogens with two attached hydrogens (primary N) is 1. The van der Waals surface area contributed by atoms with Crippen LogP contribution in [0.4, 0.5) is 5.82 Å². The van der Waals surface area contributed by atoms with Gasteiger partial charge in [-0.15, -0.1) is 0 Å². The number of hydrogen-bond donors (Lipinski definition) is 3. The molecule has 4 rings (SSSR count). The molecule has 28 heavy (non-hydrogen) atoms. The van der Waals surface area contributed by atoms with Crippen LogP contribution in [-0.2, 0) is 0 Å². The van der Waals surface area contributed by atoms with E-state index in [9.17, 15) is 4.79 Å². The molecule has 2 aromatic heterocycles. The van der Waals surface area contributed by atoms with Gasteiger partial charge in [0.05, 0.1) is 26.5 Å². The van der Waals surface area contributed by atoms with Gasteiger partial charge in [0.15, 0.2) is 0 Å². The number of amides is 1. The second-order valence-electron chi connectivity index (χ2n) is 7.21. The number of rotatable bonds is 4. The van der Waals surface area contributed by atoms with E-state index in [1.807, 2.05) is 19.1 Å². The highest BCUT2D eigenvalue weighted by molar-refractivity contribution is 6.36. The van der Waals surface area contributed by atoms with E-state index in [1.165, 1.54) is 6.33 Å². The summed E-state index contributed by atoms with van der Waals surface area (Å²) in [6.07, 6.45) is 3.91. The van der Waals surface area contributed by atoms with Crippen molar-refractivity contribution >= 4 is 46.0 Å². The maximum absolute atomic E-state index is 12.5. The Kier molecular flexibility index (Phi) is 4.91. The van der Waals surface area contributed by atoms with Crippen LogP contribution in [0, 0.1) is 6.92 Å². The zero-order valence-corrected chi connectivity index (χ0v) is 16.8. The third-order valence-electron chi connectivity index (χ3n) is 5.12. The van der Waals surface area contributed by atoms with Crippen LogP contribution in [0.15, 0.2) is 30.7 Å². The maximum atomic E-state index is 12.5. The van der Waals surface area contributed by atoms with Gasteiger partial charge in [-0.1, -0.05) is 35.3 Å². The number of fused-ring (bicyclic) bond motifs is 1. The Bertz CT molecular complexity index is 1050. The standard InChI is InChI=1S/C19H20Cl2N6O/c1-11-3-2-4-12(15(11)21)18(28)24-8-19(22)5-6-27(9-19)17-14-13(20)7-23-16(14)25-10-26-17/h2-4,7,10H,5-6,8-9,22H2,1H3,(H,24,28)(H,23,25,26)/t19-/m0/s1. The normalized spacial score (nSPS) is 19.4. The van der Waals surface area contributed by atoms with Gasteiger partial charge in [0, 0.05) is 25.8 Å². The van der Waals surface area contributed by atoms with Crippen LogP contribution in [0.1, 0.15) is 22.3 Å². The number of aromatic amines is 1. The van der Waals surface area contributed by atoms with Gasteiger partial charge in [-0.3, -0.25) is 4.79 Å². The second-order valence-corrected chi connectivity index (χ2v) is 8.00. The summed E-state index contributed by atoms with van der Waals surface area (Å²) < 4.78 is 0. The monoisotopic (exact) mass is 418 g/mol. The lowest BCUT2D eigenvalue weighted by Gasteiger charge is -2.25. The number of nitrogens with zero attached hydrogens (tertiary/aromatic N) is 3. The van der Waals surface area contributed by atoms with Gasteiger partial charge in [0.25, 0.3) is 5.91 Å².